The van der Waals surface area contributed by atoms with Crippen LogP contribution in [0.3, 0.4) is 0 Å². The molecule has 2 fully saturated rings. The zero-order chi connectivity index (χ0) is 15.0. The van der Waals surface area contributed by atoms with Crippen LogP contribution in [-0.4, -0.2) is 39.0 Å². The highest BCUT2D eigenvalue weighted by Crippen LogP contribution is 2.41. The second-order valence-electron chi connectivity index (χ2n) is 5.92. The summed E-state index contributed by atoms with van der Waals surface area (Å²) in [5.74, 6) is 1.21. The summed E-state index contributed by atoms with van der Waals surface area (Å²) in [5, 5.41) is 0. The van der Waals surface area contributed by atoms with E-state index in [4.69, 9.17) is 10.5 Å². The molecule has 1 saturated heterocycles. The van der Waals surface area contributed by atoms with Crippen LogP contribution in [-0.2, 0) is 16.4 Å². The van der Waals surface area contributed by atoms with Crippen molar-refractivity contribution in [2.24, 2.45) is 11.7 Å². The van der Waals surface area contributed by atoms with Gasteiger partial charge in [0.15, 0.2) is 0 Å². The molecule has 1 aromatic carbocycles. The summed E-state index contributed by atoms with van der Waals surface area (Å²) in [7, 11) is -1.85. The number of ether oxygens (including phenoxy) is 1. The van der Waals surface area contributed by atoms with Gasteiger partial charge in [0.05, 0.1) is 12.0 Å². The van der Waals surface area contributed by atoms with Gasteiger partial charge in [-0.2, -0.15) is 4.31 Å². The molecule has 6 heteroatoms. The van der Waals surface area contributed by atoms with Gasteiger partial charge in [-0.1, -0.05) is 0 Å². The second-order valence-corrected chi connectivity index (χ2v) is 7.78. The number of fused-ring (bicyclic) bond motifs is 2. The minimum atomic E-state index is -3.43. The van der Waals surface area contributed by atoms with Crippen LogP contribution in [0.1, 0.15) is 24.8 Å². The molecular formula is C15H22N2O3S. The lowest BCUT2D eigenvalue weighted by atomic mass is 10.1. The summed E-state index contributed by atoms with van der Waals surface area (Å²) < 4.78 is 32.8. The Labute approximate surface area is 126 Å². The summed E-state index contributed by atoms with van der Waals surface area (Å²) in [6.07, 6.45) is 3.70. The van der Waals surface area contributed by atoms with Gasteiger partial charge in [-0.15, -0.1) is 0 Å². The van der Waals surface area contributed by atoms with Gasteiger partial charge < -0.3 is 10.5 Å². The Morgan fingerprint density at radius 1 is 1.38 bits per heavy atom. The Kier molecular flexibility index (Phi) is 3.94. The number of hydrogen-bond donors (Lipinski definition) is 1. The molecule has 21 heavy (non-hydrogen) atoms. The highest BCUT2D eigenvalue weighted by molar-refractivity contribution is 7.89. The van der Waals surface area contributed by atoms with Crippen molar-refractivity contribution in [2.45, 2.75) is 36.6 Å². The molecule has 0 aromatic heterocycles. The van der Waals surface area contributed by atoms with Crippen molar-refractivity contribution in [2.75, 3.05) is 20.2 Å². The SMILES string of the molecule is COc1ccc(S(=O)(=O)N2CC3CCC2C3)c(CCN)c1. The molecule has 1 heterocycles. The molecule has 1 aromatic rings. The van der Waals surface area contributed by atoms with Crippen LogP contribution < -0.4 is 10.5 Å². The number of hydrogen-bond acceptors (Lipinski definition) is 4. The zero-order valence-corrected chi connectivity index (χ0v) is 13.1. The van der Waals surface area contributed by atoms with Crippen LogP contribution in [0.15, 0.2) is 23.1 Å². The van der Waals surface area contributed by atoms with Crippen molar-refractivity contribution in [3.05, 3.63) is 23.8 Å². The number of rotatable bonds is 5. The molecule has 1 aliphatic heterocycles. The predicted octanol–water partition coefficient (Wildman–Crippen LogP) is 1.37. The molecule has 2 atom stereocenters. The first-order chi connectivity index (χ1) is 10.1. The Morgan fingerprint density at radius 2 is 2.19 bits per heavy atom. The Bertz CT molecular complexity index is 630. The lowest BCUT2D eigenvalue weighted by molar-refractivity contribution is 0.333. The van der Waals surface area contributed by atoms with Crippen molar-refractivity contribution in [3.8, 4) is 5.75 Å². The average Bonchev–Trinajstić information content (AvgIpc) is 3.10. The van der Waals surface area contributed by atoms with E-state index in [1.54, 1.807) is 29.6 Å². The van der Waals surface area contributed by atoms with Crippen molar-refractivity contribution in [3.63, 3.8) is 0 Å². The van der Waals surface area contributed by atoms with Gasteiger partial charge in [0, 0.05) is 12.6 Å². The van der Waals surface area contributed by atoms with E-state index in [1.165, 1.54) is 0 Å². The fraction of sp³-hybridized carbons (Fsp3) is 0.600. The van der Waals surface area contributed by atoms with E-state index in [-0.39, 0.29) is 6.04 Å². The van der Waals surface area contributed by atoms with E-state index in [2.05, 4.69) is 0 Å². The first-order valence-electron chi connectivity index (χ1n) is 7.45. The molecule has 2 bridgehead atoms. The summed E-state index contributed by atoms with van der Waals surface area (Å²) in [6.45, 7) is 1.09. The Morgan fingerprint density at radius 3 is 2.76 bits per heavy atom. The maximum atomic E-state index is 13.0. The molecule has 3 rings (SSSR count). The molecule has 5 nitrogen and oxygen atoms in total. The molecule has 0 amide bonds. The van der Waals surface area contributed by atoms with Gasteiger partial charge in [-0.25, -0.2) is 8.42 Å². The maximum Gasteiger partial charge on any atom is 0.243 e. The molecule has 0 radical (unpaired) electrons. The van der Waals surface area contributed by atoms with E-state index in [1.807, 2.05) is 0 Å². The number of methoxy groups -OCH3 is 1. The third-order valence-electron chi connectivity index (χ3n) is 4.63. The van der Waals surface area contributed by atoms with Gasteiger partial charge in [0.25, 0.3) is 0 Å². The normalized spacial score (nSPS) is 25.4. The van der Waals surface area contributed by atoms with E-state index in [0.29, 0.717) is 36.1 Å². The van der Waals surface area contributed by atoms with Crippen molar-refractivity contribution >= 4 is 10.0 Å². The molecule has 116 valence electrons. The van der Waals surface area contributed by atoms with Crippen LogP contribution >= 0.6 is 0 Å². The minimum absolute atomic E-state index is 0.188. The fourth-order valence-electron chi connectivity index (χ4n) is 3.59. The van der Waals surface area contributed by atoms with Crippen LogP contribution in [0.4, 0.5) is 0 Å². The Hall–Kier alpha value is -1.11. The minimum Gasteiger partial charge on any atom is -0.497 e. The molecule has 0 spiro atoms. The van der Waals surface area contributed by atoms with Crippen molar-refractivity contribution in [1.29, 1.82) is 0 Å². The zero-order valence-electron chi connectivity index (χ0n) is 12.3. The van der Waals surface area contributed by atoms with Crippen molar-refractivity contribution in [1.82, 2.24) is 4.31 Å². The van der Waals surface area contributed by atoms with E-state index in [9.17, 15) is 8.42 Å². The molecule has 2 N–H and O–H groups in total. The number of nitrogens with two attached hydrogens (primary N) is 1. The van der Waals surface area contributed by atoms with Gasteiger partial charge in [0.1, 0.15) is 5.75 Å². The van der Waals surface area contributed by atoms with E-state index in [0.717, 1.165) is 24.8 Å². The molecule has 2 unspecified atom stereocenters. The lowest BCUT2D eigenvalue weighted by Crippen LogP contribution is -2.38. The first-order valence-corrected chi connectivity index (χ1v) is 8.89. The predicted molar refractivity (Wildman–Crippen MR) is 80.8 cm³/mol. The fourth-order valence-corrected chi connectivity index (χ4v) is 5.56. The molecule has 2 aliphatic rings. The number of nitrogens with zero attached hydrogens (tertiary/aromatic N) is 1. The number of piperidine rings is 1. The molecule has 1 saturated carbocycles. The number of benzene rings is 1. The quantitative estimate of drug-likeness (QED) is 0.891. The van der Waals surface area contributed by atoms with E-state index < -0.39 is 10.0 Å². The third-order valence-corrected chi connectivity index (χ3v) is 6.65. The highest BCUT2D eigenvalue weighted by Gasteiger charge is 2.44. The van der Waals surface area contributed by atoms with Crippen LogP contribution in [0.25, 0.3) is 0 Å². The van der Waals surface area contributed by atoms with Crippen molar-refractivity contribution < 1.29 is 13.2 Å². The first kappa shape index (κ1) is 14.8. The molecular weight excluding hydrogens is 288 g/mol. The number of sulfonamides is 1. The molecule has 1 aliphatic carbocycles. The summed E-state index contributed by atoms with van der Waals surface area (Å²) >= 11 is 0. The van der Waals surface area contributed by atoms with Gasteiger partial charge in [-0.05, 0) is 61.9 Å². The van der Waals surface area contributed by atoms with Gasteiger partial charge in [-0.3, -0.25) is 0 Å². The topological polar surface area (TPSA) is 72.6 Å². The monoisotopic (exact) mass is 310 g/mol. The standard InChI is InChI=1S/C15H22N2O3S/c1-20-14-4-5-15(12(9-14)6-7-16)21(18,19)17-10-11-2-3-13(17)8-11/h4-5,9,11,13H,2-3,6-8,10,16H2,1H3. The van der Waals surface area contributed by atoms with Gasteiger partial charge >= 0.3 is 0 Å². The van der Waals surface area contributed by atoms with Crippen LogP contribution in [0.2, 0.25) is 0 Å². The van der Waals surface area contributed by atoms with E-state index >= 15 is 0 Å². The second kappa shape index (κ2) is 5.59. The largest absolute Gasteiger partial charge is 0.497 e. The maximum absolute atomic E-state index is 13.0. The summed E-state index contributed by atoms with van der Waals surface area (Å²) in [5.41, 5.74) is 6.38. The van der Waals surface area contributed by atoms with Crippen LogP contribution in [0, 0.1) is 5.92 Å². The third kappa shape index (κ3) is 2.56. The summed E-state index contributed by atoms with van der Waals surface area (Å²) in [6, 6.07) is 5.34. The lowest BCUT2D eigenvalue weighted by Gasteiger charge is -2.27. The smallest absolute Gasteiger partial charge is 0.243 e. The Balaban J connectivity index is 1.98. The summed E-state index contributed by atoms with van der Waals surface area (Å²) in [4.78, 5) is 0.390. The van der Waals surface area contributed by atoms with Crippen LogP contribution in [0.5, 0.6) is 5.75 Å². The highest BCUT2D eigenvalue weighted by atomic mass is 32.2. The van der Waals surface area contributed by atoms with Gasteiger partial charge in [0.2, 0.25) is 10.0 Å². The average molecular weight is 310 g/mol.